The molecule has 1 aromatic heterocycles. The Morgan fingerprint density at radius 2 is 2.09 bits per heavy atom. The van der Waals surface area contributed by atoms with Crippen molar-refractivity contribution >= 4 is 11.6 Å². The van der Waals surface area contributed by atoms with Gasteiger partial charge in [0.25, 0.3) is 5.91 Å². The number of carbonyl (C=O) groups excluding carboxylic acids is 1. The van der Waals surface area contributed by atoms with E-state index in [1.165, 1.54) is 25.3 Å². The van der Waals surface area contributed by atoms with Gasteiger partial charge in [-0.15, -0.1) is 0 Å². The number of hydrogen-bond donors (Lipinski definition) is 1. The Bertz CT molecular complexity index is 686. The number of rotatable bonds is 5. The zero-order chi connectivity index (χ0) is 16.3. The van der Waals surface area contributed by atoms with E-state index in [1.807, 2.05) is 0 Å². The molecule has 8 heteroatoms. The lowest BCUT2D eigenvalue weighted by Gasteiger charge is -2.11. The Morgan fingerprint density at radius 3 is 2.64 bits per heavy atom. The fourth-order valence-corrected chi connectivity index (χ4v) is 1.92. The van der Waals surface area contributed by atoms with Crippen molar-refractivity contribution in [3.05, 3.63) is 35.7 Å². The van der Waals surface area contributed by atoms with E-state index in [1.54, 1.807) is 24.9 Å². The molecule has 118 valence electrons. The molecule has 0 aliphatic rings. The number of hydrogen-bond acceptors (Lipinski definition) is 4. The summed E-state index contributed by atoms with van der Waals surface area (Å²) in [6.45, 7) is -1.21. The minimum Gasteiger partial charge on any atom is -0.493 e. The summed E-state index contributed by atoms with van der Waals surface area (Å²) in [4.78, 5) is 12.2. The predicted octanol–water partition coefficient (Wildman–Crippen LogP) is 2.59. The van der Waals surface area contributed by atoms with Crippen LogP contribution in [0.2, 0.25) is 0 Å². The Morgan fingerprint density at radius 1 is 1.36 bits per heavy atom. The maximum Gasteiger partial charge on any atom is 0.387 e. The van der Waals surface area contributed by atoms with Crippen LogP contribution in [0.3, 0.4) is 0 Å². The van der Waals surface area contributed by atoms with E-state index in [-0.39, 0.29) is 17.1 Å². The first kappa shape index (κ1) is 15.7. The van der Waals surface area contributed by atoms with Crippen LogP contribution in [0, 0.1) is 6.92 Å². The van der Waals surface area contributed by atoms with Crippen LogP contribution in [-0.2, 0) is 7.05 Å². The first-order chi connectivity index (χ1) is 10.4. The minimum absolute atomic E-state index is 0.0517. The van der Waals surface area contributed by atoms with E-state index in [2.05, 4.69) is 15.2 Å². The van der Waals surface area contributed by atoms with Crippen LogP contribution in [0.5, 0.6) is 11.5 Å². The van der Waals surface area contributed by atoms with Crippen molar-refractivity contribution in [2.24, 2.45) is 7.05 Å². The fraction of sp³-hybridized carbons (Fsp3) is 0.286. The number of methoxy groups -OCH3 is 1. The number of nitrogens with zero attached hydrogens (tertiary/aromatic N) is 2. The molecule has 2 aromatic rings. The first-order valence-corrected chi connectivity index (χ1v) is 6.35. The Labute approximate surface area is 125 Å². The zero-order valence-corrected chi connectivity index (χ0v) is 12.3. The van der Waals surface area contributed by atoms with Gasteiger partial charge in [-0.2, -0.15) is 13.9 Å². The van der Waals surface area contributed by atoms with Crippen molar-refractivity contribution in [2.75, 3.05) is 12.4 Å². The summed E-state index contributed by atoms with van der Waals surface area (Å²) in [5, 5.41) is 6.80. The molecule has 0 radical (unpaired) electrons. The molecule has 1 amide bonds. The molecular formula is C14H15F2N3O3. The second kappa shape index (κ2) is 6.42. The van der Waals surface area contributed by atoms with Crippen LogP contribution in [0.15, 0.2) is 24.4 Å². The first-order valence-electron chi connectivity index (χ1n) is 6.35. The van der Waals surface area contributed by atoms with Crippen LogP contribution < -0.4 is 14.8 Å². The Hall–Kier alpha value is -2.64. The minimum atomic E-state index is -2.97. The third-order valence-electron chi connectivity index (χ3n) is 2.90. The third-order valence-corrected chi connectivity index (χ3v) is 2.90. The maximum atomic E-state index is 12.3. The summed E-state index contributed by atoms with van der Waals surface area (Å²) in [7, 11) is 3.04. The summed E-state index contributed by atoms with van der Waals surface area (Å²) in [5.74, 6) is -0.486. The molecular weight excluding hydrogens is 296 g/mol. The van der Waals surface area contributed by atoms with Crippen molar-refractivity contribution in [3.63, 3.8) is 0 Å². The molecule has 0 aliphatic carbocycles. The van der Waals surface area contributed by atoms with Gasteiger partial charge in [-0.3, -0.25) is 9.48 Å². The second-order valence-electron chi connectivity index (χ2n) is 4.50. The highest BCUT2D eigenvalue weighted by Gasteiger charge is 2.15. The monoisotopic (exact) mass is 311 g/mol. The zero-order valence-electron chi connectivity index (χ0n) is 12.3. The number of benzene rings is 1. The van der Waals surface area contributed by atoms with Gasteiger partial charge in [0.1, 0.15) is 0 Å². The topological polar surface area (TPSA) is 65.4 Å². The number of aromatic nitrogens is 2. The Balaban J connectivity index is 2.21. The lowest BCUT2D eigenvalue weighted by Crippen LogP contribution is -2.13. The third kappa shape index (κ3) is 3.51. The molecule has 0 spiro atoms. The molecule has 0 bridgehead atoms. The number of ether oxygens (including phenoxy) is 2. The van der Waals surface area contributed by atoms with E-state index in [9.17, 15) is 13.6 Å². The van der Waals surface area contributed by atoms with Crippen molar-refractivity contribution in [1.82, 2.24) is 9.78 Å². The van der Waals surface area contributed by atoms with Gasteiger partial charge in [0, 0.05) is 18.8 Å². The largest absolute Gasteiger partial charge is 0.493 e. The van der Waals surface area contributed by atoms with Gasteiger partial charge >= 0.3 is 6.61 Å². The van der Waals surface area contributed by atoms with Gasteiger partial charge in [-0.05, 0) is 25.1 Å². The van der Waals surface area contributed by atoms with Gasteiger partial charge in [0.2, 0.25) is 0 Å². The molecule has 0 saturated carbocycles. The van der Waals surface area contributed by atoms with Gasteiger partial charge < -0.3 is 14.8 Å². The standard InChI is InChI=1S/C14H15F2N3O3/c1-8-10(7-19(2)18-8)17-13(20)9-4-5-11(22-14(15)16)12(6-9)21-3/h4-7,14H,1-3H3,(H,17,20). The maximum absolute atomic E-state index is 12.3. The number of nitrogens with one attached hydrogen (secondary N) is 1. The molecule has 1 N–H and O–H groups in total. The fourth-order valence-electron chi connectivity index (χ4n) is 1.92. The molecule has 6 nitrogen and oxygen atoms in total. The smallest absolute Gasteiger partial charge is 0.387 e. The van der Waals surface area contributed by atoms with E-state index in [0.29, 0.717) is 11.4 Å². The number of alkyl halides is 2. The van der Waals surface area contributed by atoms with Gasteiger partial charge in [-0.25, -0.2) is 0 Å². The number of amides is 1. The SMILES string of the molecule is COc1cc(C(=O)Nc2cn(C)nc2C)ccc1OC(F)F. The molecule has 0 unspecified atom stereocenters. The number of aryl methyl sites for hydroxylation is 2. The normalized spacial score (nSPS) is 10.6. The van der Waals surface area contributed by atoms with Crippen LogP contribution in [-0.4, -0.2) is 29.4 Å². The summed E-state index contributed by atoms with van der Waals surface area (Å²) < 4.78 is 35.4. The second-order valence-corrected chi connectivity index (χ2v) is 4.50. The molecule has 1 heterocycles. The molecule has 1 aromatic carbocycles. The van der Waals surface area contributed by atoms with Crippen LogP contribution in [0.1, 0.15) is 16.1 Å². The highest BCUT2D eigenvalue weighted by molar-refractivity contribution is 6.04. The van der Waals surface area contributed by atoms with Gasteiger partial charge in [-0.1, -0.05) is 0 Å². The van der Waals surface area contributed by atoms with Gasteiger partial charge in [0.15, 0.2) is 11.5 Å². The molecule has 0 atom stereocenters. The lowest BCUT2D eigenvalue weighted by atomic mass is 10.2. The summed E-state index contributed by atoms with van der Waals surface area (Å²) in [6, 6.07) is 3.97. The van der Waals surface area contributed by atoms with E-state index < -0.39 is 12.5 Å². The highest BCUT2D eigenvalue weighted by atomic mass is 19.3. The number of halogens is 2. The molecule has 0 aliphatic heterocycles. The van der Waals surface area contributed by atoms with Crippen LogP contribution in [0.4, 0.5) is 14.5 Å². The summed E-state index contributed by atoms with van der Waals surface area (Å²) in [5.41, 5.74) is 1.49. The Kier molecular flexibility index (Phi) is 4.59. The molecule has 0 saturated heterocycles. The quantitative estimate of drug-likeness (QED) is 0.922. The number of carbonyl (C=O) groups is 1. The van der Waals surface area contributed by atoms with E-state index >= 15 is 0 Å². The summed E-state index contributed by atoms with van der Waals surface area (Å²) >= 11 is 0. The predicted molar refractivity (Wildman–Crippen MR) is 75.5 cm³/mol. The van der Waals surface area contributed by atoms with Crippen molar-refractivity contribution in [1.29, 1.82) is 0 Å². The van der Waals surface area contributed by atoms with Gasteiger partial charge in [0.05, 0.1) is 18.5 Å². The van der Waals surface area contributed by atoms with Crippen molar-refractivity contribution in [3.8, 4) is 11.5 Å². The molecule has 0 fully saturated rings. The molecule has 22 heavy (non-hydrogen) atoms. The highest BCUT2D eigenvalue weighted by Crippen LogP contribution is 2.29. The summed E-state index contributed by atoms with van der Waals surface area (Å²) in [6.07, 6.45) is 1.67. The number of anilines is 1. The van der Waals surface area contributed by atoms with Crippen molar-refractivity contribution < 1.29 is 23.0 Å². The average molecular weight is 311 g/mol. The van der Waals surface area contributed by atoms with E-state index in [4.69, 9.17) is 4.74 Å². The van der Waals surface area contributed by atoms with Crippen LogP contribution >= 0.6 is 0 Å². The average Bonchev–Trinajstić information content (AvgIpc) is 2.76. The molecule has 2 rings (SSSR count). The van der Waals surface area contributed by atoms with Crippen molar-refractivity contribution in [2.45, 2.75) is 13.5 Å². The van der Waals surface area contributed by atoms with Crippen LogP contribution in [0.25, 0.3) is 0 Å². The van der Waals surface area contributed by atoms with E-state index in [0.717, 1.165) is 0 Å². The lowest BCUT2D eigenvalue weighted by molar-refractivity contribution is -0.0512.